The third-order valence-electron chi connectivity index (χ3n) is 4.83. The maximum absolute atomic E-state index is 13.1. The Morgan fingerprint density at radius 3 is 2.61 bits per heavy atom. The molecule has 6 nitrogen and oxygen atoms in total. The molecule has 0 saturated carbocycles. The van der Waals surface area contributed by atoms with E-state index in [9.17, 15) is 13.2 Å². The van der Waals surface area contributed by atoms with E-state index in [0.29, 0.717) is 28.3 Å². The van der Waals surface area contributed by atoms with Gasteiger partial charge in [0.25, 0.3) is 0 Å². The van der Waals surface area contributed by atoms with Gasteiger partial charge in [-0.25, -0.2) is 4.98 Å². The van der Waals surface area contributed by atoms with E-state index in [4.69, 9.17) is 4.74 Å². The third kappa shape index (κ3) is 4.51. The van der Waals surface area contributed by atoms with E-state index in [1.165, 1.54) is 17.4 Å². The van der Waals surface area contributed by atoms with Crippen LogP contribution < -0.4 is 10.1 Å². The van der Waals surface area contributed by atoms with Crippen LogP contribution in [0.1, 0.15) is 11.1 Å². The first-order chi connectivity index (χ1) is 16.0. The van der Waals surface area contributed by atoms with Gasteiger partial charge in [0.05, 0.1) is 11.3 Å². The fraction of sp³-hybridized carbons (Fsp3) is 0.0870. The maximum atomic E-state index is 13.1. The number of hydrogen-bond acceptors (Lipinski definition) is 6. The number of benzene rings is 2. The SMILES string of the molecule is FC(F)(F)c1cccc(CNc2nc(Oc3ccccc3)nc3c2ncn3-c2ccsc2)c1. The molecule has 3 aromatic heterocycles. The van der Waals surface area contributed by atoms with Crippen LogP contribution >= 0.6 is 11.3 Å². The summed E-state index contributed by atoms with van der Waals surface area (Å²) in [5, 5.41) is 6.99. The number of imidazole rings is 1. The van der Waals surface area contributed by atoms with Gasteiger partial charge in [0.15, 0.2) is 17.0 Å². The molecule has 0 aliphatic carbocycles. The zero-order valence-electron chi connectivity index (χ0n) is 17.0. The molecule has 0 aliphatic heterocycles. The fourth-order valence-corrected chi connectivity index (χ4v) is 3.90. The maximum Gasteiger partial charge on any atom is 0.416 e. The van der Waals surface area contributed by atoms with E-state index in [1.54, 1.807) is 29.1 Å². The van der Waals surface area contributed by atoms with Gasteiger partial charge in [0.1, 0.15) is 12.1 Å². The first-order valence-corrected chi connectivity index (χ1v) is 10.8. The summed E-state index contributed by atoms with van der Waals surface area (Å²) in [4.78, 5) is 13.4. The van der Waals surface area contributed by atoms with Crippen molar-refractivity contribution in [3.63, 3.8) is 0 Å². The molecule has 0 bridgehead atoms. The summed E-state index contributed by atoms with van der Waals surface area (Å²) in [7, 11) is 0. The lowest BCUT2D eigenvalue weighted by Gasteiger charge is -2.11. The summed E-state index contributed by atoms with van der Waals surface area (Å²) in [6.07, 6.45) is -2.78. The van der Waals surface area contributed by atoms with Gasteiger partial charge in [-0.05, 0) is 41.3 Å². The number of nitrogens with one attached hydrogen (secondary N) is 1. The zero-order valence-corrected chi connectivity index (χ0v) is 17.8. The summed E-state index contributed by atoms with van der Waals surface area (Å²) < 4.78 is 46.8. The predicted molar refractivity (Wildman–Crippen MR) is 120 cm³/mol. The van der Waals surface area contributed by atoms with Gasteiger partial charge in [-0.1, -0.05) is 30.3 Å². The minimum atomic E-state index is -4.41. The van der Waals surface area contributed by atoms with Crippen molar-refractivity contribution < 1.29 is 17.9 Å². The summed E-state index contributed by atoms with van der Waals surface area (Å²) >= 11 is 1.54. The van der Waals surface area contributed by atoms with Gasteiger partial charge >= 0.3 is 12.2 Å². The van der Waals surface area contributed by atoms with Gasteiger partial charge in [0, 0.05) is 11.9 Å². The molecule has 0 atom stereocenters. The van der Waals surface area contributed by atoms with Crippen LogP contribution in [0.2, 0.25) is 0 Å². The second kappa shape index (κ2) is 8.55. The molecule has 0 saturated heterocycles. The molecular formula is C23H16F3N5OS. The molecule has 0 fully saturated rings. The Bertz CT molecular complexity index is 1380. The Morgan fingerprint density at radius 2 is 1.85 bits per heavy atom. The van der Waals surface area contributed by atoms with Crippen molar-refractivity contribution in [3.05, 3.63) is 88.9 Å². The van der Waals surface area contributed by atoms with E-state index < -0.39 is 11.7 Å². The van der Waals surface area contributed by atoms with E-state index in [-0.39, 0.29) is 12.6 Å². The van der Waals surface area contributed by atoms with E-state index in [1.807, 2.05) is 35.0 Å². The standard InChI is InChI=1S/C23H16F3N5OS/c24-23(25,26)16-6-4-5-15(11-16)12-27-20-19-21(31(14-28-19)17-9-10-33-13-17)30-22(29-20)32-18-7-2-1-3-8-18/h1-11,13-14H,12H2,(H,27,29,30). The smallest absolute Gasteiger partial charge is 0.416 e. The van der Waals surface area contributed by atoms with Gasteiger partial charge < -0.3 is 10.1 Å². The summed E-state index contributed by atoms with van der Waals surface area (Å²) in [6, 6.07) is 16.3. The van der Waals surface area contributed by atoms with Crippen molar-refractivity contribution in [2.45, 2.75) is 12.7 Å². The number of ether oxygens (including phenoxy) is 1. The number of nitrogens with zero attached hydrogens (tertiary/aromatic N) is 4. The van der Waals surface area contributed by atoms with Gasteiger partial charge in [0.2, 0.25) is 0 Å². The Kier molecular flexibility index (Phi) is 5.43. The zero-order chi connectivity index (χ0) is 22.8. The Balaban J connectivity index is 1.51. The number of para-hydroxylation sites is 1. The van der Waals surface area contributed by atoms with Crippen molar-refractivity contribution in [1.29, 1.82) is 0 Å². The molecule has 1 N–H and O–H groups in total. The number of rotatable bonds is 6. The predicted octanol–water partition coefficient (Wildman–Crippen LogP) is 6.30. The first kappa shape index (κ1) is 21.0. The molecule has 5 rings (SSSR count). The highest BCUT2D eigenvalue weighted by atomic mass is 32.1. The van der Waals surface area contributed by atoms with Crippen LogP contribution in [-0.2, 0) is 12.7 Å². The number of hydrogen-bond donors (Lipinski definition) is 1. The average Bonchev–Trinajstić information content (AvgIpc) is 3.48. The van der Waals surface area contributed by atoms with Crippen molar-refractivity contribution in [2.24, 2.45) is 0 Å². The molecule has 3 heterocycles. The highest BCUT2D eigenvalue weighted by molar-refractivity contribution is 7.08. The monoisotopic (exact) mass is 467 g/mol. The van der Waals surface area contributed by atoms with Crippen LogP contribution in [0.15, 0.2) is 77.8 Å². The minimum Gasteiger partial charge on any atom is -0.424 e. The fourth-order valence-electron chi connectivity index (χ4n) is 3.27. The number of thiophene rings is 1. The summed E-state index contributed by atoms with van der Waals surface area (Å²) in [6.45, 7) is 0.117. The molecule has 2 aromatic carbocycles. The molecule has 0 spiro atoms. The number of aromatic nitrogens is 4. The second-order valence-electron chi connectivity index (χ2n) is 7.09. The number of anilines is 1. The van der Waals surface area contributed by atoms with Crippen LogP contribution in [0, 0.1) is 0 Å². The minimum absolute atomic E-state index is 0.0946. The van der Waals surface area contributed by atoms with Gasteiger partial charge in [-0.2, -0.15) is 34.5 Å². The van der Waals surface area contributed by atoms with Crippen LogP contribution in [0.4, 0.5) is 19.0 Å². The van der Waals surface area contributed by atoms with Crippen molar-refractivity contribution >= 4 is 28.3 Å². The van der Waals surface area contributed by atoms with Crippen LogP contribution in [0.5, 0.6) is 11.8 Å². The van der Waals surface area contributed by atoms with E-state index in [0.717, 1.165) is 17.8 Å². The molecule has 33 heavy (non-hydrogen) atoms. The van der Waals surface area contributed by atoms with Gasteiger partial charge in [-0.15, -0.1) is 0 Å². The first-order valence-electron chi connectivity index (χ1n) is 9.88. The molecular weight excluding hydrogens is 451 g/mol. The quantitative estimate of drug-likeness (QED) is 0.318. The van der Waals surface area contributed by atoms with Crippen molar-refractivity contribution in [2.75, 3.05) is 5.32 Å². The highest BCUT2D eigenvalue weighted by Crippen LogP contribution is 2.31. The lowest BCUT2D eigenvalue weighted by molar-refractivity contribution is -0.137. The number of fused-ring (bicyclic) bond motifs is 1. The second-order valence-corrected chi connectivity index (χ2v) is 7.87. The van der Waals surface area contributed by atoms with E-state index >= 15 is 0 Å². The van der Waals surface area contributed by atoms with E-state index in [2.05, 4.69) is 20.3 Å². The van der Waals surface area contributed by atoms with Crippen LogP contribution in [0.25, 0.3) is 16.9 Å². The van der Waals surface area contributed by atoms with Crippen molar-refractivity contribution in [3.8, 4) is 17.4 Å². The molecule has 10 heteroatoms. The molecule has 0 amide bonds. The summed E-state index contributed by atoms with van der Waals surface area (Å²) in [5.41, 5.74) is 1.63. The lowest BCUT2D eigenvalue weighted by atomic mass is 10.1. The number of alkyl halides is 3. The lowest BCUT2D eigenvalue weighted by Crippen LogP contribution is -2.08. The van der Waals surface area contributed by atoms with Crippen LogP contribution in [0.3, 0.4) is 0 Å². The summed E-state index contributed by atoms with van der Waals surface area (Å²) in [5.74, 6) is 0.916. The molecule has 5 aromatic rings. The van der Waals surface area contributed by atoms with Crippen molar-refractivity contribution in [1.82, 2.24) is 19.5 Å². The normalized spacial score (nSPS) is 11.6. The average molecular weight is 467 g/mol. The Labute approximate surface area is 190 Å². The topological polar surface area (TPSA) is 64.9 Å². The Hall–Kier alpha value is -3.92. The third-order valence-corrected chi connectivity index (χ3v) is 5.50. The number of halogens is 3. The van der Waals surface area contributed by atoms with Crippen LogP contribution in [-0.4, -0.2) is 19.5 Å². The molecule has 166 valence electrons. The largest absolute Gasteiger partial charge is 0.424 e. The Morgan fingerprint density at radius 1 is 1.00 bits per heavy atom. The molecule has 0 radical (unpaired) electrons. The molecule has 0 aliphatic rings. The highest BCUT2D eigenvalue weighted by Gasteiger charge is 2.30. The van der Waals surface area contributed by atoms with Gasteiger partial charge in [-0.3, -0.25) is 4.57 Å². The molecule has 0 unspecified atom stereocenters.